The van der Waals surface area contributed by atoms with Crippen LogP contribution in [0.4, 0.5) is 11.4 Å². The summed E-state index contributed by atoms with van der Waals surface area (Å²) >= 11 is 0. The highest BCUT2D eigenvalue weighted by atomic mass is 16.7. The van der Waals surface area contributed by atoms with E-state index in [9.17, 15) is 4.79 Å². The molecular weight excluding hydrogens is 608 g/mol. The van der Waals surface area contributed by atoms with E-state index >= 15 is 0 Å². The minimum Gasteiger partial charge on any atom is -0.497 e. The van der Waals surface area contributed by atoms with Crippen LogP contribution in [0.25, 0.3) is 5.69 Å². The minimum absolute atomic E-state index is 0.0745. The van der Waals surface area contributed by atoms with Gasteiger partial charge in [0.1, 0.15) is 18.6 Å². The molecule has 2 saturated heterocycles. The summed E-state index contributed by atoms with van der Waals surface area (Å²) in [6.45, 7) is 9.67. The van der Waals surface area contributed by atoms with E-state index in [0.717, 1.165) is 56.0 Å². The fraction of sp³-hybridized carbons (Fsp3) is 0.389. The summed E-state index contributed by atoms with van der Waals surface area (Å²) in [6, 6.07) is 26.5. The van der Waals surface area contributed by atoms with Crippen molar-refractivity contribution in [1.29, 1.82) is 0 Å². The summed E-state index contributed by atoms with van der Waals surface area (Å²) in [5.74, 6) is 0.132. The molecule has 0 N–H and O–H groups in total. The summed E-state index contributed by atoms with van der Waals surface area (Å²) in [4.78, 5) is 19.1. The Morgan fingerprint density at radius 3 is 1.83 bits per heavy atom. The normalized spacial score (nSPS) is 15.8. The summed E-state index contributed by atoms with van der Waals surface area (Å²) in [6.07, 6.45) is 6.72. The molecule has 2 aliphatic rings. The van der Waals surface area contributed by atoms with Crippen molar-refractivity contribution in [1.82, 2.24) is 29.3 Å². The van der Waals surface area contributed by atoms with Gasteiger partial charge in [-0.3, -0.25) is 0 Å². The van der Waals surface area contributed by atoms with E-state index in [2.05, 4.69) is 63.2 Å². The number of anilines is 2. The fourth-order valence-corrected chi connectivity index (χ4v) is 6.23. The molecule has 0 bridgehead atoms. The standard InChI is InChI=1S/C24H31N5O2.C12H13N3O2/c1-4-19(5-2)29-24(30)28(18-25-29)22-8-6-20(7-9-22)26-14-16-27(17-15-26)21-10-12-23(31-3)13-11-21;1-2-4-11(5-3-1)12(16-8-9-17-12)10-15-13-6-7-14-15/h6-13,18-19H,4-5,14-17H2,1-3H3;1-7H,8-10H2. The topological polar surface area (TPSA) is 105 Å². The second-order valence-electron chi connectivity index (χ2n) is 11.8. The molecule has 0 unspecified atom stereocenters. The molecule has 0 spiro atoms. The smallest absolute Gasteiger partial charge is 0.350 e. The number of ether oxygens (including phenoxy) is 3. The average Bonchev–Trinajstić information content (AvgIpc) is 3.93. The van der Waals surface area contributed by atoms with Crippen LogP contribution in [0.3, 0.4) is 0 Å². The number of hydrogen-bond acceptors (Lipinski definition) is 9. The Labute approximate surface area is 281 Å². The molecule has 2 aromatic heterocycles. The van der Waals surface area contributed by atoms with Crippen molar-refractivity contribution in [3.63, 3.8) is 0 Å². The van der Waals surface area contributed by atoms with Crippen molar-refractivity contribution in [3.05, 3.63) is 114 Å². The molecule has 12 heteroatoms. The van der Waals surface area contributed by atoms with Gasteiger partial charge < -0.3 is 24.0 Å². The lowest BCUT2D eigenvalue weighted by atomic mass is 10.1. The Morgan fingerprint density at radius 1 is 0.750 bits per heavy atom. The van der Waals surface area contributed by atoms with Crippen molar-refractivity contribution < 1.29 is 14.2 Å². The van der Waals surface area contributed by atoms with Gasteiger partial charge in [-0.25, -0.2) is 14.0 Å². The summed E-state index contributed by atoms with van der Waals surface area (Å²) in [7, 11) is 1.69. The maximum Gasteiger partial charge on any atom is 0.350 e. The third kappa shape index (κ3) is 7.29. The predicted molar refractivity (Wildman–Crippen MR) is 185 cm³/mol. The van der Waals surface area contributed by atoms with Crippen LogP contribution in [0, 0.1) is 0 Å². The molecule has 0 aliphatic carbocycles. The zero-order valence-corrected chi connectivity index (χ0v) is 27.9. The zero-order valence-electron chi connectivity index (χ0n) is 27.9. The number of aromatic nitrogens is 6. The molecule has 0 atom stereocenters. The van der Waals surface area contributed by atoms with Crippen molar-refractivity contribution >= 4 is 11.4 Å². The third-order valence-electron chi connectivity index (χ3n) is 8.98. The van der Waals surface area contributed by atoms with Crippen LogP contribution < -0.4 is 20.2 Å². The Morgan fingerprint density at radius 2 is 1.29 bits per heavy atom. The summed E-state index contributed by atoms with van der Waals surface area (Å²) in [5, 5.41) is 12.5. The van der Waals surface area contributed by atoms with Gasteiger partial charge in [0.25, 0.3) is 0 Å². The number of benzene rings is 3. The van der Waals surface area contributed by atoms with Crippen LogP contribution >= 0.6 is 0 Å². The first-order valence-corrected chi connectivity index (χ1v) is 16.6. The van der Waals surface area contributed by atoms with Crippen LogP contribution in [-0.2, 0) is 21.8 Å². The van der Waals surface area contributed by atoms with E-state index in [1.165, 1.54) is 11.4 Å². The highest BCUT2D eigenvalue weighted by Crippen LogP contribution is 2.32. The lowest BCUT2D eigenvalue weighted by Gasteiger charge is -2.37. The number of hydrogen-bond donors (Lipinski definition) is 0. The van der Waals surface area contributed by atoms with E-state index in [-0.39, 0.29) is 11.7 Å². The van der Waals surface area contributed by atoms with E-state index in [0.29, 0.717) is 19.8 Å². The van der Waals surface area contributed by atoms with Gasteiger partial charge in [-0.2, -0.15) is 20.1 Å². The van der Waals surface area contributed by atoms with Crippen molar-refractivity contribution in [2.45, 2.75) is 45.1 Å². The molecule has 2 fully saturated rings. The first-order valence-electron chi connectivity index (χ1n) is 16.6. The van der Waals surface area contributed by atoms with Crippen molar-refractivity contribution in [2.24, 2.45) is 0 Å². The van der Waals surface area contributed by atoms with Crippen LogP contribution in [0.2, 0.25) is 0 Å². The van der Waals surface area contributed by atoms with Crippen LogP contribution in [-0.4, -0.2) is 75.8 Å². The zero-order chi connectivity index (χ0) is 33.3. The van der Waals surface area contributed by atoms with Crippen molar-refractivity contribution in [3.8, 4) is 11.4 Å². The Hall–Kier alpha value is -4.94. The average molecular weight is 653 g/mol. The predicted octanol–water partition coefficient (Wildman–Crippen LogP) is 4.91. The largest absolute Gasteiger partial charge is 0.497 e. The first kappa shape index (κ1) is 33.0. The van der Waals surface area contributed by atoms with Gasteiger partial charge in [0, 0.05) is 43.1 Å². The van der Waals surface area contributed by atoms with E-state index in [4.69, 9.17) is 14.2 Å². The number of piperazine rings is 1. The summed E-state index contributed by atoms with van der Waals surface area (Å²) in [5.41, 5.74) is 4.18. The van der Waals surface area contributed by atoms with Gasteiger partial charge in [-0.15, -0.1) is 0 Å². The van der Waals surface area contributed by atoms with Crippen LogP contribution in [0.5, 0.6) is 5.75 Å². The maximum atomic E-state index is 12.8. The van der Waals surface area contributed by atoms with Crippen LogP contribution in [0.15, 0.2) is 102 Å². The molecule has 0 amide bonds. The van der Waals surface area contributed by atoms with E-state index in [1.54, 1.807) is 39.9 Å². The van der Waals surface area contributed by atoms with Gasteiger partial charge in [-0.1, -0.05) is 44.2 Å². The van der Waals surface area contributed by atoms with Gasteiger partial charge in [0.2, 0.25) is 5.79 Å². The lowest BCUT2D eigenvalue weighted by molar-refractivity contribution is -0.179. The molecule has 3 aromatic carbocycles. The van der Waals surface area contributed by atoms with Crippen molar-refractivity contribution in [2.75, 3.05) is 56.3 Å². The molecule has 0 radical (unpaired) electrons. The molecular formula is C36H44N8O4. The third-order valence-corrected chi connectivity index (χ3v) is 8.98. The molecule has 2 aliphatic heterocycles. The van der Waals surface area contributed by atoms with E-state index < -0.39 is 5.79 Å². The number of nitrogens with zero attached hydrogens (tertiary/aromatic N) is 8. The molecule has 7 rings (SSSR count). The quantitative estimate of drug-likeness (QED) is 0.208. The highest BCUT2D eigenvalue weighted by molar-refractivity contribution is 5.54. The molecule has 12 nitrogen and oxygen atoms in total. The molecule has 4 heterocycles. The van der Waals surface area contributed by atoms with Gasteiger partial charge in [0.05, 0.1) is 44.4 Å². The lowest BCUT2D eigenvalue weighted by Crippen LogP contribution is -2.46. The maximum absolute atomic E-state index is 12.8. The fourth-order valence-electron chi connectivity index (χ4n) is 6.23. The molecule has 252 valence electrons. The molecule has 48 heavy (non-hydrogen) atoms. The van der Waals surface area contributed by atoms with E-state index in [1.807, 2.05) is 54.6 Å². The van der Waals surface area contributed by atoms with Gasteiger partial charge >= 0.3 is 5.69 Å². The Balaban J connectivity index is 0.000000198. The van der Waals surface area contributed by atoms with Gasteiger partial charge in [-0.05, 0) is 61.4 Å². The summed E-state index contributed by atoms with van der Waals surface area (Å²) < 4.78 is 20.0. The van der Waals surface area contributed by atoms with Crippen LogP contribution in [0.1, 0.15) is 38.3 Å². The highest BCUT2D eigenvalue weighted by Gasteiger charge is 2.39. The Kier molecular flexibility index (Phi) is 10.5. The minimum atomic E-state index is -0.750. The second kappa shape index (κ2) is 15.3. The monoisotopic (exact) mass is 652 g/mol. The molecule has 5 aromatic rings. The molecule has 0 saturated carbocycles. The SMILES string of the molecule is CCC(CC)n1ncn(-c2ccc(N3CCN(c4ccc(OC)cc4)CC3)cc2)c1=O.c1ccc(C2(Cn3nccn3)OCCO2)cc1. The number of rotatable bonds is 10. The number of methoxy groups -OCH3 is 1. The van der Waals surface area contributed by atoms with Gasteiger partial charge in [0.15, 0.2) is 0 Å². The first-order chi connectivity index (χ1) is 23.5. The Bertz CT molecular complexity index is 1740. The second-order valence-corrected chi connectivity index (χ2v) is 11.8.